The summed E-state index contributed by atoms with van der Waals surface area (Å²) in [5.74, 6) is 0.212. The molecule has 0 aliphatic rings. The lowest BCUT2D eigenvalue weighted by Crippen LogP contribution is -2.42. The van der Waals surface area contributed by atoms with Gasteiger partial charge in [0, 0.05) is 13.1 Å². The average Bonchev–Trinajstić information content (AvgIpc) is 3.13. The first-order valence-electron chi connectivity index (χ1n) is 8.08. The zero-order chi connectivity index (χ0) is 19.1. The van der Waals surface area contributed by atoms with Gasteiger partial charge in [-0.15, -0.1) is 0 Å². The molecule has 0 aliphatic heterocycles. The van der Waals surface area contributed by atoms with Crippen LogP contribution < -0.4 is 10.6 Å². The third kappa shape index (κ3) is 6.05. The lowest BCUT2D eigenvalue weighted by atomic mass is 10.1. The van der Waals surface area contributed by atoms with E-state index in [1.807, 2.05) is 13.0 Å². The second-order valence-electron chi connectivity index (χ2n) is 5.88. The summed E-state index contributed by atoms with van der Waals surface area (Å²) in [5, 5.41) is 6.77. The summed E-state index contributed by atoms with van der Waals surface area (Å²) >= 11 is 11.9. The minimum absolute atomic E-state index is 0.0254. The van der Waals surface area contributed by atoms with Gasteiger partial charge in [-0.2, -0.15) is 0 Å². The van der Waals surface area contributed by atoms with Crippen molar-refractivity contribution in [2.45, 2.75) is 19.5 Å². The first kappa shape index (κ1) is 20.3. The molecule has 0 saturated carbocycles. The van der Waals surface area contributed by atoms with Gasteiger partial charge in [0.2, 0.25) is 11.8 Å². The molecule has 0 saturated heterocycles. The number of nitrogens with zero attached hydrogens (tertiary/aromatic N) is 1. The molecule has 2 N–H and O–H groups in total. The van der Waals surface area contributed by atoms with Gasteiger partial charge in [-0.3, -0.25) is 9.59 Å². The van der Waals surface area contributed by atoms with E-state index in [4.69, 9.17) is 27.6 Å². The van der Waals surface area contributed by atoms with E-state index >= 15 is 0 Å². The minimum atomic E-state index is -0.255. The fourth-order valence-electron chi connectivity index (χ4n) is 2.23. The molecule has 1 heterocycles. The van der Waals surface area contributed by atoms with Crippen LogP contribution in [0.3, 0.4) is 0 Å². The van der Waals surface area contributed by atoms with E-state index in [9.17, 15) is 9.59 Å². The van der Waals surface area contributed by atoms with Crippen molar-refractivity contribution in [2.75, 3.05) is 20.1 Å². The van der Waals surface area contributed by atoms with E-state index in [1.165, 1.54) is 11.2 Å². The average molecular weight is 398 g/mol. The molecule has 2 amide bonds. The quantitative estimate of drug-likeness (QED) is 0.717. The number of rotatable bonds is 8. The Labute approximate surface area is 162 Å². The Morgan fingerprint density at radius 2 is 2.00 bits per heavy atom. The zero-order valence-electron chi connectivity index (χ0n) is 14.6. The van der Waals surface area contributed by atoms with E-state index in [-0.39, 0.29) is 30.9 Å². The molecule has 0 aliphatic carbocycles. The molecule has 0 bridgehead atoms. The number of halogens is 2. The topological polar surface area (TPSA) is 74.6 Å². The summed E-state index contributed by atoms with van der Waals surface area (Å²) in [6, 6.07) is 8.76. The highest BCUT2D eigenvalue weighted by molar-refractivity contribution is 6.42. The molecule has 6 nitrogen and oxygen atoms in total. The van der Waals surface area contributed by atoms with Crippen molar-refractivity contribution in [1.82, 2.24) is 15.5 Å². The maximum Gasteiger partial charge on any atom is 0.239 e. The lowest BCUT2D eigenvalue weighted by molar-refractivity contribution is -0.134. The highest BCUT2D eigenvalue weighted by Crippen LogP contribution is 2.25. The molecule has 0 fully saturated rings. The van der Waals surface area contributed by atoms with Crippen LogP contribution in [0.4, 0.5) is 0 Å². The standard InChI is InChI=1S/C18H21Cl2N3O3/c1-12(13-5-6-15(19)16(20)8-13)21-10-18(25)23(2)11-17(24)22-9-14-4-3-7-26-14/h3-8,12,21H,9-11H2,1-2H3,(H,22,24)/t12-/m0/s1. The molecular weight excluding hydrogens is 377 g/mol. The van der Waals surface area contributed by atoms with Crippen LogP contribution in [0.1, 0.15) is 24.3 Å². The van der Waals surface area contributed by atoms with Crippen LogP contribution in [0.25, 0.3) is 0 Å². The lowest BCUT2D eigenvalue weighted by Gasteiger charge is -2.19. The molecule has 26 heavy (non-hydrogen) atoms. The van der Waals surface area contributed by atoms with Crippen molar-refractivity contribution >= 4 is 35.0 Å². The number of hydrogen-bond acceptors (Lipinski definition) is 4. The monoisotopic (exact) mass is 397 g/mol. The summed E-state index contributed by atoms with van der Waals surface area (Å²) in [6.45, 7) is 2.29. The Kier molecular flexibility index (Phi) is 7.50. The van der Waals surface area contributed by atoms with Gasteiger partial charge in [-0.05, 0) is 36.8 Å². The number of likely N-dealkylation sites (N-methyl/N-ethyl adjacent to an activating group) is 1. The van der Waals surface area contributed by atoms with Crippen molar-refractivity contribution in [1.29, 1.82) is 0 Å². The first-order valence-corrected chi connectivity index (χ1v) is 8.83. The van der Waals surface area contributed by atoms with Crippen molar-refractivity contribution < 1.29 is 14.0 Å². The summed E-state index contributed by atoms with van der Waals surface area (Å²) in [7, 11) is 1.58. The molecule has 8 heteroatoms. The minimum Gasteiger partial charge on any atom is -0.467 e. The van der Waals surface area contributed by atoms with E-state index in [1.54, 1.807) is 31.3 Å². The van der Waals surface area contributed by atoms with Crippen LogP contribution in [0.2, 0.25) is 10.0 Å². The maximum absolute atomic E-state index is 12.2. The fraction of sp³-hybridized carbons (Fsp3) is 0.333. The van der Waals surface area contributed by atoms with Crippen LogP contribution in [0.15, 0.2) is 41.0 Å². The number of furan rings is 1. The van der Waals surface area contributed by atoms with Crippen LogP contribution in [-0.2, 0) is 16.1 Å². The molecule has 0 radical (unpaired) electrons. The molecule has 0 spiro atoms. The smallest absolute Gasteiger partial charge is 0.239 e. The van der Waals surface area contributed by atoms with Crippen molar-refractivity contribution in [3.63, 3.8) is 0 Å². The van der Waals surface area contributed by atoms with E-state index in [2.05, 4.69) is 10.6 Å². The van der Waals surface area contributed by atoms with Crippen LogP contribution in [0, 0.1) is 0 Å². The molecule has 2 rings (SSSR count). The van der Waals surface area contributed by atoms with E-state index in [0.29, 0.717) is 22.4 Å². The second kappa shape index (κ2) is 9.62. The fourth-order valence-corrected chi connectivity index (χ4v) is 2.54. The number of nitrogens with one attached hydrogen (secondary N) is 2. The number of carbonyl (C=O) groups is 2. The summed E-state index contributed by atoms with van der Waals surface area (Å²) in [5.41, 5.74) is 0.922. The molecule has 1 atom stereocenters. The summed E-state index contributed by atoms with van der Waals surface area (Å²) in [4.78, 5) is 25.4. The van der Waals surface area contributed by atoms with Crippen molar-refractivity contribution in [3.05, 3.63) is 58.0 Å². The SMILES string of the molecule is C[C@H](NCC(=O)N(C)CC(=O)NCc1ccco1)c1ccc(Cl)c(Cl)c1. The zero-order valence-corrected chi connectivity index (χ0v) is 16.1. The Hall–Kier alpha value is -2.02. The highest BCUT2D eigenvalue weighted by atomic mass is 35.5. The van der Waals surface area contributed by atoms with Gasteiger partial charge < -0.3 is 20.0 Å². The second-order valence-corrected chi connectivity index (χ2v) is 6.70. The Morgan fingerprint density at radius 3 is 2.65 bits per heavy atom. The van der Waals surface area contributed by atoms with Gasteiger partial charge in [0.1, 0.15) is 5.76 Å². The predicted octanol–water partition coefficient (Wildman–Crippen LogP) is 3.01. The molecule has 140 valence electrons. The largest absolute Gasteiger partial charge is 0.467 e. The van der Waals surface area contributed by atoms with Gasteiger partial charge in [-0.25, -0.2) is 0 Å². The van der Waals surface area contributed by atoms with Crippen molar-refractivity contribution in [2.24, 2.45) is 0 Å². The van der Waals surface area contributed by atoms with Crippen LogP contribution in [0.5, 0.6) is 0 Å². The maximum atomic E-state index is 12.2. The van der Waals surface area contributed by atoms with Gasteiger partial charge in [0.15, 0.2) is 0 Å². The number of amides is 2. The molecule has 1 aromatic heterocycles. The Morgan fingerprint density at radius 1 is 1.23 bits per heavy atom. The van der Waals surface area contributed by atoms with Gasteiger partial charge in [0.25, 0.3) is 0 Å². The molecular formula is C18H21Cl2N3O3. The van der Waals surface area contributed by atoms with E-state index in [0.717, 1.165) is 5.56 Å². The van der Waals surface area contributed by atoms with Crippen LogP contribution in [-0.4, -0.2) is 36.9 Å². The number of hydrogen-bond donors (Lipinski definition) is 2. The first-order chi connectivity index (χ1) is 12.4. The third-order valence-corrected chi connectivity index (χ3v) is 4.59. The predicted molar refractivity (Wildman–Crippen MR) is 101 cm³/mol. The normalized spacial score (nSPS) is 11.8. The number of benzene rings is 1. The van der Waals surface area contributed by atoms with Gasteiger partial charge in [0.05, 0.1) is 35.9 Å². The molecule has 0 unspecified atom stereocenters. The summed E-state index contributed by atoms with van der Waals surface area (Å²) in [6.07, 6.45) is 1.54. The molecule has 1 aromatic carbocycles. The Balaban J connectivity index is 1.75. The highest BCUT2D eigenvalue weighted by Gasteiger charge is 2.15. The van der Waals surface area contributed by atoms with Gasteiger partial charge >= 0.3 is 0 Å². The van der Waals surface area contributed by atoms with Crippen LogP contribution >= 0.6 is 23.2 Å². The molecule has 2 aromatic rings. The third-order valence-electron chi connectivity index (χ3n) is 3.85. The summed E-state index contributed by atoms with van der Waals surface area (Å²) < 4.78 is 5.14. The van der Waals surface area contributed by atoms with E-state index < -0.39 is 0 Å². The number of carbonyl (C=O) groups excluding carboxylic acids is 2. The van der Waals surface area contributed by atoms with Crippen molar-refractivity contribution in [3.8, 4) is 0 Å². The Bertz CT molecular complexity index is 750. The van der Waals surface area contributed by atoms with Gasteiger partial charge in [-0.1, -0.05) is 29.3 Å².